The third kappa shape index (κ3) is 3.89. The van der Waals surface area contributed by atoms with E-state index in [4.69, 9.17) is 20.8 Å². The van der Waals surface area contributed by atoms with Gasteiger partial charge in [0, 0.05) is 28.7 Å². The van der Waals surface area contributed by atoms with Crippen LogP contribution in [-0.2, 0) is 11.3 Å². The van der Waals surface area contributed by atoms with Crippen LogP contribution in [0.5, 0.6) is 0 Å². The monoisotopic (exact) mass is 371 g/mol. The molecule has 3 aromatic rings. The summed E-state index contributed by atoms with van der Waals surface area (Å²) in [6.45, 7) is 4.38. The number of hydrogen-bond acceptors (Lipinski definition) is 5. The summed E-state index contributed by atoms with van der Waals surface area (Å²) in [6, 6.07) is 12.0. The van der Waals surface area contributed by atoms with Gasteiger partial charge in [-0.2, -0.15) is 0 Å². The molecule has 134 valence electrons. The molecule has 5 nitrogen and oxygen atoms in total. The zero-order valence-corrected chi connectivity index (χ0v) is 15.2. The van der Waals surface area contributed by atoms with Crippen molar-refractivity contribution in [3.8, 4) is 0 Å². The second kappa shape index (κ2) is 7.62. The van der Waals surface area contributed by atoms with Gasteiger partial charge < -0.3 is 14.5 Å². The summed E-state index contributed by atoms with van der Waals surface area (Å²) in [5.74, 6) is -0.351. The van der Waals surface area contributed by atoms with Crippen molar-refractivity contribution in [3.63, 3.8) is 0 Å². The van der Waals surface area contributed by atoms with Crippen LogP contribution in [0, 0.1) is 6.92 Å². The highest BCUT2D eigenvalue weighted by Crippen LogP contribution is 2.25. The van der Waals surface area contributed by atoms with Gasteiger partial charge >= 0.3 is 11.6 Å². The highest BCUT2D eigenvalue weighted by molar-refractivity contribution is 6.32. The number of aryl methyl sites for hydroxylation is 1. The van der Waals surface area contributed by atoms with Crippen LogP contribution < -0.4 is 10.9 Å². The number of carbonyl (C=O) groups is 1. The lowest BCUT2D eigenvalue weighted by Gasteiger charge is -2.10. The molecule has 1 heterocycles. The van der Waals surface area contributed by atoms with E-state index in [1.54, 1.807) is 43.3 Å². The van der Waals surface area contributed by atoms with E-state index in [9.17, 15) is 9.59 Å². The number of ether oxygens (including phenoxy) is 1. The normalized spacial score (nSPS) is 10.7. The van der Waals surface area contributed by atoms with Crippen molar-refractivity contribution < 1.29 is 13.9 Å². The zero-order chi connectivity index (χ0) is 18.7. The fourth-order valence-electron chi connectivity index (χ4n) is 2.63. The van der Waals surface area contributed by atoms with Gasteiger partial charge in [0.15, 0.2) is 0 Å². The molecule has 0 saturated heterocycles. The molecule has 2 aromatic carbocycles. The number of nitrogens with one attached hydrogen (secondary N) is 1. The van der Waals surface area contributed by atoms with Crippen molar-refractivity contribution in [2.75, 3.05) is 11.9 Å². The van der Waals surface area contributed by atoms with Crippen LogP contribution in [0.15, 0.2) is 51.7 Å². The van der Waals surface area contributed by atoms with Gasteiger partial charge in [-0.3, -0.25) is 0 Å². The van der Waals surface area contributed by atoms with Crippen LogP contribution in [0.1, 0.15) is 28.4 Å². The minimum absolute atomic E-state index is 0.338. The summed E-state index contributed by atoms with van der Waals surface area (Å²) in [6.07, 6.45) is 0. The molecule has 3 rings (SSSR count). The number of rotatable bonds is 5. The second-order valence-corrected chi connectivity index (χ2v) is 6.25. The molecule has 0 spiro atoms. The van der Waals surface area contributed by atoms with Crippen molar-refractivity contribution >= 4 is 34.2 Å². The van der Waals surface area contributed by atoms with Gasteiger partial charge in [0.25, 0.3) is 0 Å². The van der Waals surface area contributed by atoms with E-state index >= 15 is 0 Å². The predicted octanol–water partition coefficient (Wildman–Crippen LogP) is 4.54. The number of halogens is 1. The number of hydrogen-bond donors (Lipinski definition) is 1. The predicted molar refractivity (Wildman–Crippen MR) is 102 cm³/mol. The zero-order valence-electron chi connectivity index (χ0n) is 14.5. The Bertz CT molecular complexity index is 1010. The topological polar surface area (TPSA) is 68.5 Å². The Balaban J connectivity index is 1.82. The Labute approximate surface area is 155 Å². The van der Waals surface area contributed by atoms with Crippen molar-refractivity contribution in [2.24, 2.45) is 0 Å². The number of esters is 1. The van der Waals surface area contributed by atoms with Crippen LogP contribution in [0.25, 0.3) is 11.0 Å². The Kier molecular flexibility index (Phi) is 5.28. The summed E-state index contributed by atoms with van der Waals surface area (Å²) in [5, 5.41) is 4.64. The van der Waals surface area contributed by atoms with Gasteiger partial charge in [-0.05, 0) is 61.4 Å². The highest BCUT2D eigenvalue weighted by atomic mass is 35.5. The molecule has 0 bridgehead atoms. The van der Waals surface area contributed by atoms with E-state index in [0.717, 1.165) is 22.2 Å². The first kappa shape index (κ1) is 18.0. The van der Waals surface area contributed by atoms with Crippen molar-refractivity contribution in [3.05, 3.63) is 74.6 Å². The van der Waals surface area contributed by atoms with Crippen molar-refractivity contribution in [1.82, 2.24) is 0 Å². The second-order valence-electron chi connectivity index (χ2n) is 5.84. The first-order chi connectivity index (χ1) is 12.5. The average molecular weight is 372 g/mol. The van der Waals surface area contributed by atoms with Crippen LogP contribution in [0.4, 0.5) is 5.69 Å². The van der Waals surface area contributed by atoms with Crippen molar-refractivity contribution in [1.29, 1.82) is 0 Å². The highest BCUT2D eigenvalue weighted by Gasteiger charge is 2.09. The van der Waals surface area contributed by atoms with Gasteiger partial charge in [0.05, 0.1) is 12.2 Å². The smallest absolute Gasteiger partial charge is 0.338 e. The standard InChI is InChI=1S/C20H18ClNO4/c1-3-25-20(24)13-4-6-15(7-5-13)22-11-14-9-19(23)26-18-8-12(2)17(21)10-16(14)18/h4-10,22H,3,11H2,1-2H3. The summed E-state index contributed by atoms with van der Waals surface area (Å²) in [7, 11) is 0. The Morgan fingerprint density at radius 3 is 2.62 bits per heavy atom. The van der Waals surface area contributed by atoms with Gasteiger partial charge in [0.2, 0.25) is 0 Å². The minimum atomic E-state index is -0.409. The van der Waals surface area contributed by atoms with Crippen LogP contribution in [-0.4, -0.2) is 12.6 Å². The molecule has 0 unspecified atom stereocenters. The van der Waals surface area contributed by atoms with Gasteiger partial charge in [-0.15, -0.1) is 0 Å². The fraction of sp³-hybridized carbons (Fsp3) is 0.200. The average Bonchev–Trinajstić information content (AvgIpc) is 2.62. The van der Waals surface area contributed by atoms with Crippen LogP contribution in [0.2, 0.25) is 5.02 Å². The number of carbonyl (C=O) groups excluding carboxylic acids is 1. The maximum Gasteiger partial charge on any atom is 0.338 e. The SMILES string of the molecule is CCOC(=O)c1ccc(NCc2cc(=O)oc3cc(C)c(Cl)cc23)cc1. The molecule has 26 heavy (non-hydrogen) atoms. The maximum atomic E-state index is 11.8. The molecule has 0 atom stereocenters. The lowest BCUT2D eigenvalue weighted by Crippen LogP contribution is -2.07. The lowest BCUT2D eigenvalue weighted by molar-refractivity contribution is 0.0526. The summed E-state index contributed by atoms with van der Waals surface area (Å²) >= 11 is 6.21. The van der Waals surface area contributed by atoms with Gasteiger partial charge in [-0.1, -0.05) is 11.6 Å². The third-order valence-corrected chi connectivity index (χ3v) is 4.40. The number of benzene rings is 2. The van der Waals surface area contributed by atoms with E-state index in [1.807, 2.05) is 6.92 Å². The van der Waals surface area contributed by atoms with Crippen molar-refractivity contribution in [2.45, 2.75) is 20.4 Å². The van der Waals surface area contributed by atoms with E-state index in [2.05, 4.69) is 5.32 Å². The van der Waals surface area contributed by atoms with E-state index in [0.29, 0.717) is 29.3 Å². The summed E-state index contributed by atoms with van der Waals surface area (Å²) < 4.78 is 10.2. The molecule has 0 radical (unpaired) electrons. The molecule has 6 heteroatoms. The minimum Gasteiger partial charge on any atom is -0.462 e. The van der Waals surface area contributed by atoms with E-state index in [1.165, 1.54) is 6.07 Å². The van der Waals surface area contributed by atoms with Gasteiger partial charge in [-0.25, -0.2) is 9.59 Å². The quantitative estimate of drug-likeness (QED) is 0.526. The first-order valence-corrected chi connectivity index (χ1v) is 8.59. The molecule has 1 aromatic heterocycles. The number of anilines is 1. The summed E-state index contributed by atoms with van der Waals surface area (Å²) in [5.41, 5.74) is 3.04. The Morgan fingerprint density at radius 1 is 1.19 bits per heavy atom. The maximum absolute atomic E-state index is 11.8. The largest absolute Gasteiger partial charge is 0.462 e. The molecule has 0 saturated carbocycles. The molecule has 0 aliphatic heterocycles. The molecular formula is C20H18ClNO4. The molecule has 0 aliphatic carbocycles. The fourth-order valence-corrected chi connectivity index (χ4v) is 2.79. The van der Waals surface area contributed by atoms with Crippen LogP contribution >= 0.6 is 11.6 Å². The molecular weight excluding hydrogens is 354 g/mol. The third-order valence-electron chi connectivity index (χ3n) is 3.99. The number of fused-ring (bicyclic) bond motifs is 1. The van der Waals surface area contributed by atoms with Gasteiger partial charge in [0.1, 0.15) is 5.58 Å². The molecule has 0 fully saturated rings. The van der Waals surface area contributed by atoms with E-state index < -0.39 is 5.63 Å². The lowest BCUT2D eigenvalue weighted by atomic mass is 10.1. The molecule has 0 amide bonds. The summed E-state index contributed by atoms with van der Waals surface area (Å²) in [4.78, 5) is 23.5. The molecule has 1 N–H and O–H groups in total. The van der Waals surface area contributed by atoms with E-state index in [-0.39, 0.29) is 5.97 Å². The first-order valence-electron chi connectivity index (χ1n) is 8.22. The molecule has 0 aliphatic rings. The van der Waals surface area contributed by atoms with Crippen LogP contribution in [0.3, 0.4) is 0 Å². The Morgan fingerprint density at radius 2 is 1.92 bits per heavy atom. The Hall–Kier alpha value is -2.79.